The van der Waals surface area contributed by atoms with E-state index in [-0.39, 0.29) is 0 Å². The Bertz CT molecular complexity index is 196. The van der Waals surface area contributed by atoms with Crippen LogP contribution in [-0.2, 0) is 22.1 Å². The van der Waals surface area contributed by atoms with E-state index in [4.69, 9.17) is 22.1 Å². The fourth-order valence-corrected chi connectivity index (χ4v) is 45.7. The van der Waals surface area contributed by atoms with E-state index in [0.717, 1.165) is 0 Å². The van der Waals surface area contributed by atoms with Crippen LogP contribution >= 0.6 is 0 Å². The Hall–Kier alpha value is 0.668. The van der Waals surface area contributed by atoms with Gasteiger partial charge in [0.25, 0.3) is 0 Å². The average Bonchev–Trinajstić information content (AvgIpc) is 2.34. The van der Waals surface area contributed by atoms with Crippen molar-refractivity contribution in [1.82, 2.24) is 0 Å². The highest BCUT2D eigenvalue weighted by molar-refractivity contribution is 7.62. The molecular formula is C9H26O5Si4. The van der Waals surface area contributed by atoms with Crippen molar-refractivity contribution in [1.29, 1.82) is 0 Å². The first-order chi connectivity index (χ1) is 8.70. The maximum Gasteiger partial charge on any atom is 0.403 e. The molecule has 108 valence electrons. The molecule has 1 aliphatic rings. The van der Waals surface area contributed by atoms with Crippen LogP contribution in [0.15, 0.2) is 0 Å². The maximum atomic E-state index is 6.18. The number of hydrogen-bond acceptors (Lipinski definition) is 5. The second-order valence-corrected chi connectivity index (χ2v) is 26.5. The van der Waals surface area contributed by atoms with E-state index in [1.807, 2.05) is 27.7 Å². The van der Waals surface area contributed by atoms with Gasteiger partial charge in [0, 0.05) is 26.4 Å². The van der Waals surface area contributed by atoms with Crippen molar-refractivity contribution < 1.29 is 22.1 Å². The zero-order valence-corrected chi connectivity index (χ0v) is 16.8. The van der Waals surface area contributed by atoms with E-state index >= 15 is 0 Å². The molecule has 0 spiro atoms. The molecule has 0 atom stereocenters. The molecule has 1 aliphatic heterocycles. The van der Waals surface area contributed by atoms with Crippen LogP contribution < -0.4 is 0 Å². The zero-order chi connectivity index (χ0) is 13.5. The molecule has 0 N–H and O–H groups in total. The normalized spacial score (nSPS) is 24.7. The van der Waals surface area contributed by atoms with E-state index in [2.05, 4.69) is 0 Å². The summed E-state index contributed by atoms with van der Waals surface area (Å²) >= 11 is 0. The molecule has 1 heterocycles. The molecule has 1 saturated heterocycles. The van der Waals surface area contributed by atoms with Gasteiger partial charge in [0.15, 0.2) is 0 Å². The summed E-state index contributed by atoms with van der Waals surface area (Å²) in [5.74, 6) is 0. The van der Waals surface area contributed by atoms with Crippen molar-refractivity contribution in [2.24, 2.45) is 0 Å². The first-order valence-corrected chi connectivity index (χ1v) is 18.6. The molecule has 0 aromatic rings. The third kappa shape index (κ3) is 3.40. The van der Waals surface area contributed by atoms with E-state index in [1.54, 1.807) is 0 Å². The monoisotopic (exact) mass is 326 g/mol. The molecule has 1 rings (SSSR count). The zero-order valence-electron chi connectivity index (χ0n) is 12.0. The molecule has 0 amide bonds. The van der Waals surface area contributed by atoms with Crippen LogP contribution in [0.4, 0.5) is 0 Å². The van der Waals surface area contributed by atoms with Crippen LogP contribution in [0.5, 0.6) is 0 Å². The number of rotatable bonds is 8. The van der Waals surface area contributed by atoms with Gasteiger partial charge in [0.2, 0.25) is 0 Å². The lowest BCUT2D eigenvalue weighted by atomic mass is 10.9. The van der Waals surface area contributed by atoms with Gasteiger partial charge < -0.3 is 22.1 Å². The van der Waals surface area contributed by atoms with Crippen LogP contribution in [-0.4, -0.2) is 66.2 Å². The van der Waals surface area contributed by atoms with Crippen LogP contribution in [0, 0.1) is 0 Å². The Labute approximate surface area is 116 Å². The Morgan fingerprint density at radius 1 is 0.889 bits per heavy atom. The Morgan fingerprint density at radius 3 is 1.83 bits per heavy atom. The molecule has 0 aromatic carbocycles. The van der Waals surface area contributed by atoms with E-state index in [0.29, 0.717) is 32.7 Å². The maximum absolute atomic E-state index is 6.18. The fourth-order valence-electron chi connectivity index (χ4n) is 2.40. The van der Waals surface area contributed by atoms with Crippen molar-refractivity contribution in [2.45, 2.75) is 27.7 Å². The molecule has 0 aliphatic carbocycles. The van der Waals surface area contributed by atoms with Gasteiger partial charge in [-0.15, -0.1) is 0 Å². The SMILES string of the molecule is CCO[Si]1(OCC)CO[SiH2][SiH2][Si]1(OCC)OCC. The van der Waals surface area contributed by atoms with Crippen LogP contribution in [0.25, 0.3) is 0 Å². The molecule has 5 nitrogen and oxygen atoms in total. The van der Waals surface area contributed by atoms with Gasteiger partial charge in [0.1, 0.15) is 17.8 Å². The summed E-state index contributed by atoms with van der Waals surface area (Å²) in [7, 11) is -5.51. The molecule has 0 unspecified atom stereocenters. The van der Waals surface area contributed by atoms with Crippen LogP contribution in [0.3, 0.4) is 0 Å². The molecular weight excluding hydrogens is 300 g/mol. The van der Waals surface area contributed by atoms with Crippen LogP contribution in [0.2, 0.25) is 0 Å². The minimum Gasteiger partial charge on any atom is -0.426 e. The van der Waals surface area contributed by atoms with E-state index in [1.165, 1.54) is 0 Å². The van der Waals surface area contributed by atoms with Crippen molar-refractivity contribution in [3.05, 3.63) is 0 Å². The first-order valence-electron chi connectivity index (χ1n) is 6.83. The lowest BCUT2D eigenvalue weighted by Gasteiger charge is -2.45. The highest BCUT2D eigenvalue weighted by Crippen LogP contribution is 2.27. The molecule has 18 heavy (non-hydrogen) atoms. The Morgan fingerprint density at radius 2 is 1.39 bits per heavy atom. The highest BCUT2D eigenvalue weighted by Gasteiger charge is 2.66. The van der Waals surface area contributed by atoms with Crippen molar-refractivity contribution in [2.75, 3.05) is 32.7 Å². The van der Waals surface area contributed by atoms with Gasteiger partial charge in [-0.25, -0.2) is 0 Å². The highest BCUT2D eigenvalue weighted by atomic mass is 29.8. The van der Waals surface area contributed by atoms with Gasteiger partial charge in [0.05, 0.1) is 6.23 Å². The summed E-state index contributed by atoms with van der Waals surface area (Å²) in [6, 6.07) is 0. The fraction of sp³-hybridized carbons (Fsp3) is 1.00. The van der Waals surface area contributed by atoms with Gasteiger partial charge in [-0.1, -0.05) is 0 Å². The largest absolute Gasteiger partial charge is 0.426 e. The van der Waals surface area contributed by atoms with Gasteiger partial charge in [-0.3, -0.25) is 0 Å². The Balaban J connectivity index is 3.02. The van der Waals surface area contributed by atoms with Crippen LogP contribution in [0.1, 0.15) is 27.7 Å². The summed E-state index contributed by atoms with van der Waals surface area (Å²) < 4.78 is 30.4. The Kier molecular flexibility index (Phi) is 7.49. The van der Waals surface area contributed by atoms with E-state index < -0.39 is 33.5 Å². The van der Waals surface area contributed by atoms with Gasteiger partial charge in [-0.2, -0.15) is 0 Å². The molecule has 0 saturated carbocycles. The minimum absolute atomic E-state index is 0.414. The molecule has 0 bridgehead atoms. The minimum atomic E-state index is -2.44. The summed E-state index contributed by atoms with van der Waals surface area (Å²) in [4.78, 5) is 0. The lowest BCUT2D eigenvalue weighted by molar-refractivity contribution is 0.138. The van der Waals surface area contributed by atoms with Crippen molar-refractivity contribution in [3.63, 3.8) is 0 Å². The molecule has 9 heteroatoms. The smallest absolute Gasteiger partial charge is 0.403 e. The quantitative estimate of drug-likeness (QED) is 0.554. The van der Waals surface area contributed by atoms with Crippen molar-refractivity contribution >= 4 is 33.5 Å². The first kappa shape index (κ1) is 16.7. The predicted octanol–water partition coefficient (Wildman–Crippen LogP) is -0.671. The van der Waals surface area contributed by atoms with Gasteiger partial charge in [-0.05, 0) is 27.7 Å². The summed E-state index contributed by atoms with van der Waals surface area (Å²) in [5.41, 5.74) is 0. The average molecular weight is 327 g/mol. The predicted molar refractivity (Wildman–Crippen MR) is 81.1 cm³/mol. The summed E-state index contributed by atoms with van der Waals surface area (Å²) in [6.07, 6.45) is 0.625. The topological polar surface area (TPSA) is 46.2 Å². The molecule has 0 radical (unpaired) electrons. The second-order valence-electron chi connectivity index (χ2n) is 4.04. The third-order valence-electron chi connectivity index (χ3n) is 2.96. The number of hydrogen-bond donors (Lipinski definition) is 0. The standard InChI is InChI=1S/C9H26O5Si4/c1-5-11-17(12-6-2)9-10-15-16-18(17,13-7-3)14-8-4/h5-9,15-16H2,1-4H3. The van der Waals surface area contributed by atoms with Gasteiger partial charge >= 0.3 is 15.7 Å². The lowest BCUT2D eigenvalue weighted by Crippen LogP contribution is -2.79. The molecule has 1 fully saturated rings. The third-order valence-corrected chi connectivity index (χ3v) is 39.2. The molecule has 0 aromatic heterocycles. The second kappa shape index (κ2) is 8.07. The van der Waals surface area contributed by atoms with Crippen molar-refractivity contribution in [3.8, 4) is 0 Å². The van der Waals surface area contributed by atoms with E-state index in [9.17, 15) is 0 Å². The summed E-state index contributed by atoms with van der Waals surface area (Å²) in [5, 5.41) is 0. The summed E-state index contributed by atoms with van der Waals surface area (Å²) in [6.45, 7) is 10.8.